The highest BCUT2D eigenvalue weighted by atomic mass is 32.2. The Morgan fingerprint density at radius 1 is 1.42 bits per heavy atom. The van der Waals surface area contributed by atoms with Crippen LogP contribution in [0.4, 0.5) is 0 Å². The highest BCUT2D eigenvalue weighted by Gasteiger charge is 2.36. The van der Waals surface area contributed by atoms with Gasteiger partial charge >= 0.3 is 0 Å². The fourth-order valence-electron chi connectivity index (χ4n) is 2.83. The molecule has 1 fully saturated rings. The molecule has 0 radical (unpaired) electrons. The van der Waals surface area contributed by atoms with Gasteiger partial charge in [-0.2, -0.15) is 0 Å². The molecule has 0 aliphatic carbocycles. The van der Waals surface area contributed by atoms with Crippen LogP contribution in [-0.4, -0.2) is 48.0 Å². The molecule has 24 heavy (non-hydrogen) atoms. The summed E-state index contributed by atoms with van der Waals surface area (Å²) in [6.45, 7) is 0.245. The van der Waals surface area contributed by atoms with Gasteiger partial charge in [-0.15, -0.1) is 11.8 Å². The topological polar surface area (TPSA) is 80.5 Å². The van der Waals surface area contributed by atoms with Gasteiger partial charge in [0, 0.05) is 12.2 Å². The second-order valence-electron chi connectivity index (χ2n) is 5.63. The molecule has 0 saturated carbocycles. The Balaban J connectivity index is 1.93. The summed E-state index contributed by atoms with van der Waals surface area (Å²) >= 11 is 1.39. The molecule has 3 rings (SSSR count). The summed E-state index contributed by atoms with van der Waals surface area (Å²) < 4.78 is 29.1. The van der Waals surface area contributed by atoms with Crippen LogP contribution in [0.3, 0.4) is 0 Å². The summed E-state index contributed by atoms with van der Waals surface area (Å²) in [5.74, 6) is 0.518. The molecule has 0 unspecified atom stereocenters. The molecular formula is C16H18N2O4S2. The van der Waals surface area contributed by atoms with Crippen molar-refractivity contribution >= 4 is 27.5 Å². The van der Waals surface area contributed by atoms with Crippen molar-refractivity contribution in [2.45, 2.75) is 24.0 Å². The van der Waals surface area contributed by atoms with Gasteiger partial charge in [0.05, 0.1) is 29.9 Å². The van der Waals surface area contributed by atoms with E-state index >= 15 is 0 Å². The molecule has 3 heterocycles. The van der Waals surface area contributed by atoms with Gasteiger partial charge in [0.2, 0.25) is 0 Å². The number of furan rings is 1. The van der Waals surface area contributed by atoms with E-state index in [1.54, 1.807) is 41.6 Å². The van der Waals surface area contributed by atoms with E-state index in [-0.39, 0.29) is 30.0 Å². The van der Waals surface area contributed by atoms with E-state index in [2.05, 4.69) is 4.98 Å². The summed E-state index contributed by atoms with van der Waals surface area (Å²) in [4.78, 5) is 18.9. The standard InChI is InChI=1S/C16H18N2O4S2/c1-23-15-14(5-2-7-17-15)16(19)18(10-13-4-3-8-22-13)12-6-9-24(20,21)11-12/h2-5,7-8,12H,6,9-11H2,1H3/t12-/m0/s1. The van der Waals surface area contributed by atoms with Gasteiger partial charge in [-0.1, -0.05) is 0 Å². The first-order valence-electron chi connectivity index (χ1n) is 7.53. The molecule has 1 aliphatic heterocycles. The highest BCUT2D eigenvalue weighted by molar-refractivity contribution is 7.98. The lowest BCUT2D eigenvalue weighted by atomic mass is 10.1. The van der Waals surface area contributed by atoms with Crippen LogP contribution in [0.5, 0.6) is 0 Å². The third-order valence-electron chi connectivity index (χ3n) is 4.01. The Bertz CT molecular complexity index is 818. The Labute approximate surface area is 145 Å². The SMILES string of the molecule is CSc1ncccc1C(=O)N(Cc1ccco1)[C@H]1CCS(=O)(=O)C1. The van der Waals surface area contributed by atoms with Crippen molar-refractivity contribution in [2.75, 3.05) is 17.8 Å². The Morgan fingerprint density at radius 2 is 2.25 bits per heavy atom. The van der Waals surface area contributed by atoms with Crippen molar-refractivity contribution in [1.82, 2.24) is 9.88 Å². The van der Waals surface area contributed by atoms with Crippen molar-refractivity contribution in [3.05, 3.63) is 48.0 Å². The molecule has 0 N–H and O–H groups in total. The predicted molar refractivity (Wildman–Crippen MR) is 91.7 cm³/mol. The van der Waals surface area contributed by atoms with Crippen LogP contribution in [-0.2, 0) is 16.4 Å². The van der Waals surface area contributed by atoms with E-state index < -0.39 is 9.84 Å². The number of sulfone groups is 1. The third-order valence-corrected chi connectivity index (χ3v) is 6.47. The normalized spacial score (nSPS) is 19.3. The van der Waals surface area contributed by atoms with Crippen molar-refractivity contribution in [3.63, 3.8) is 0 Å². The smallest absolute Gasteiger partial charge is 0.257 e. The van der Waals surface area contributed by atoms with Crippen LogP contribution in [0.1, 0.15) is 22.5 Å². The fraction of sp³-hybridized carbons (Fsp3) is 0.375. The van der Waals surface area contributed by atoms with E-state index in [0.29, 0.717) is 22.8 Å². The van der Waals surface area contributed by atoms with Crippen molar-refractivity contribution in [1.29, 1.82) is 0 Å². The average Bonchev–Trinajstić information content (AvgIpc) is 3.21. The van der Waals surface area contributed by atoms with Crippen LogP contribution in [0, 0.1) is 0 Å². The molecule has 0 spiro atoms. The lowest BCUT2D eigenvalue weighted by Crippen LogP contribution is -2.40. The molecule has 0 bridgehead atoms. The molecule has 6 nitrogen and oxygen atoms in total. The van der Waals surface area contributed by atoms with Crippen LogP contribution in [0.15, 0.2) is 46.2 Å². The average molecular weight is 366 g/mol. The van der Waals surface area contributed by atoms with Gasteiger partial charge in [0.1, 0.15) is 10.8 Å². The first-order chi connectivity index (χ1) is 11.5. The first kappa shape index (κ1) is 17.0. The molecule has 8 heteroatoms. The van der Waals surface area contributed by atoms with Crippen molar-refractivity contribution < 1.29 is 17.6 Å². The van der Waals surface area contributed by atoms with E-state index in [1.807, 2.05) is 6.26 Å². The van der Waals surface area contributed by atoms with Crippen molar-refractivity contribution in [3.8, 4) is 0 Å². The van der Waals surface area contributed by atoms with Crippen LogP contribution in [0.25, 0.3) is 0 Å². The molecule has 2 aromatic rings. The quantitative estimate of drug-likeness (QED) is 0.755. The van der Waals surface area contributed by atoms with Gasteiger partial charge in [-0.05, 0) is 36.9 Å². The maximum absolute atomic E-state index is 13.1. The lowest BCUT2D eigenvalue weighted by molar-refractivity contribution is 0.0661. The summed E-state index contributed by atoms with van der Waals surface area (Å²) in [6, 6.07) is 6.62. The minimum absolute atomic E-state index is 0.00564. The third kappa shape index (κ3) is 3.64. The number of pyridine rings is 1. The minimum Gasteiger partial charge on any atom is -0.467 e. The molecule has 1 amide bonds. The maximum atomic E-state index is 13.1. The number of hydrogen-bond donors (Lipinski definition) is 0. The lowest BCUT2D eigenvalue weighted by Gasteiger charge is -2.28. The van der Waals surface area contributed by atoms with E-state index in [0.717, 1.165) is 0 Å². The number of amides is 1. The Kier molecular flexibility index (Phi) is 4.96. The highest BCUT2D eigenvalue weighted by Crippen LogP contribution is 2.25. The molecule has 2 aromatic heterocycles. The Morgan fingerprint density at radius 3 is 2.88 bits per heavy atom. The van der Waals surface area contributed by atoms with Gasteiger partial charge in [0.15, 0.2) is 9.84 Å². The van der Waals surface area contributed by atoms with Gasteiger partial charge in [-0.3, -0.25) is 4.79 Å². The fourth-order valence-corrected chi connectivity index (χ4v) is 5.10. The van der Waals surface area contributed by atoms with E-state index in [9.17, 15) is 13.2 Å². The van der Waals surface area contributed by atoms with E-state index in [1.165, 1.54) is 11.8 Å². The number of aromatic nitrogens is 1. The Hall–Kier alpha value is -1.80. The molecule has 1 atom stereocenters. The van der Waals surface area contributed by atoms with Crippen LogP contribution in [0.2, 0.25) is 0 Å². The summed E-state index contributed by atoms with van der Waals surface area (Å²) in [6.07, 6.45) is 5.49. The maximum Gasteiger partial charge on any atom is 0.257 e. The number of hydrogen-bond acceptors (Lipinski definition) is 6. The number of carbonyl (C=O) groups is 1. The largest absolute Gasteiger partial charge is 0.467 e. The number of thioether (sulfide) groups is 1. The zero-order valence-electron chi connectivity index (χ0n) is 13.2. The first-order valence-corrected chi connectivity index (χ1v) is 10.6. The second kappa shape index (κ2) is 6.98. The van der Waals surface area contributed by atoms with Gasteiger partial charge < -0.3 is 9.32 Å². The summed E-state index contributed by atoms with van der Waals surface area (Å²) in [7, 11) is -3.10. The number of rotatable bonds is 5. The van der Waals surface area contributed by atoms with E-state index in [4.69, 9.17) is 4.42 Å². The molecule has 0 aromatic carbocycles. The number of carbonyl (C=O) groups excluding carboxylic acids is 1. The van der Waals surface area contributed by atoms with Gasteiger partial charge in [0.25, 0.3) is 5.91 Å². The molecule has 1 aliphatic rings. The van der Waals surface area contributed by atoms with Crippen molar-refractivity contribution in [2.24, 2.45) is 0 Å². The monoisotopic (exact) mass is 366 g/mol. The zero-order valence-corrected chi connectivity index (χ0v) is 14.8. The summed E-state index contributed by atoms with van der Waals surface area (Å²) in [5.41, 5.74) is 0.487. The van der Waals surface area contributed by atoms with Gasteiger partial charge in [-0.25, -0.2) is 13.4 Å². The van der Waals surface area contributed by atoms with Crippen LogP contribution < -0.4 is 0 Å². The molecule has 128 valence electrons. The van der Waals surface area contributed by atoms with Crippen LogP contribution >= 0.6 is 11.8 Å². The zero-order chi connectivity index (χ0) is 17.2. The molecular weight excluding hydrogens is 348 g/mol. The second-order valence-corrected chi connectivity index (χ2v) is 8.65. The molecule has 1 saturated heterocycles. The summed E-state index contributed by atoms with van der Waals surface area (Å²) in [5, 5.41) is 0.632. The minimum atomic E-state index is -3.10. The number of nitrogens with zero attached hydrogens (tertiary/aromatic N) is 2. The predicted octanol–water partition coefficient (Wildman–Crippen LogP) is 2.23.